The fraction of sp³-hybridized carbons (Fsp3) is 0.235. The Bertz CT molecular complexity index is 656. The molecule has 2 N–H and O–H groups in total. The predicted octanol–water partition coefficient (Wildman–Crippen LogP) is 3.08. The van der Waals surface area contributed by atoms with Gasteiger partial charge in [0, 0.05) is 6.04 Å². The van der Waals surface area contributed by atoms with E-state index >= 15 is 0 Å². The number of hydrogen-bond donors (Lipinski definition) is 1. The van der Waals surface area contributed by atoms with Crippen molar-refractivity contribution in [3.63, 3.8) is 0 Å². The summed E-state index contributed by atoms with van der Waals surface area (Å²) in [5, 5.41) is 8.76. The number of hydrogen-bond acceptors (Lipinski definition) is 3. The minimum Gasteiger partial charge on any atom is -0.489 e. The fourth-order valence-electron chi connectivity index (χ4n) is 2.56. The molecule has 1 aliphatic rings. The molecule has 2 aromatic rings. The lowest BCUT2D eigenvalue weighted by Gasteiger charge is -2.09. The fourth-order valence-corrected chi connectivity index (χ4v) is 2.56. The smallest absolute Gasteiger partial charge is 0.120 e. The number of ether oxygens (including phenoxy) is 1. The number of rotatable bonds is 3. The SMILES string of the molecule is N#Cc1ccc(COc2ccc3c(c2)CC[C@H]3N)cc1. The Morgan fingerprint density at radius 3 is 2.75 bits per heavy atom. The van der Waals surface area contributed by atoms with Crippen LogP contribution in [0.2, 0.25) is 0 Å². The quantitative estimate of drug-likeness (QED) is 0.926. The van der Waals surface area contributed by atoms with Gasteiger partial charge in [-0.05, 0) is 53.8 Å². The molecule has 0 heterocycles. The van der Waals surface area contributed by atoms with Crippen molar-refractivity contribution in [3.8, 4) is 11.8 Å². The van der Waals surface area contributed by atoms with Gasteiger partial charge in [-0.15, -0.1) is 0 Å². The third-order valence-corrected chi connectivity index (χ3v) is 3.73. The zero-order valence-corrected chi connectivity index (χ0v) is 11.2. The monoisotopic (exact) mass is 264 g/mol. The van der Waals surface area contributed by atoms with Crippen molar-refractivity contribution < 1.29 is 4.74 Å². The summed E-state index contributed by atoms with van der Waals surface area (Å²) in [7, 11) is 0. The van der Waals surface area contributed by atoms with Crippen molar-refractivity contribution in [2.24, 2.45) is 5.73 Å². The van der Waals surface area contributed by atoms with Crippen molar-refractivity contribution in [2.45, 2.75) is 25.5 Å². The Balaban J connectivity index is 1.68. The zero-order valence-electron chi connectivity index (χ0n) is 11.2. The normalized spacial score (nSPS) is 16.5. The van der Waals surface area contributed by atoms with E-state index in [1.54, 1.807) is 12.1 Å². The average molecular weight is 264 g/mol. The van der Waals surface area contributed by atoms with Crippen molar-refractivity contribution in [1.29, 1.82) is 5.26 Å². The van der Waals surface area contributed by atoms with E-state index < -0.39 is 0 Å². The molecule has 0 spiro atoms. The predicted molar refractivity (Wildman–Crippen MR) is 77.2 cm³/mol. The Kier molecular flexibility index (Phi) is 3.41. The van der Waals surface area contributed by atoms with Crippen LogP contribution in [0.4, 0.5) is 0 Å². The second kappa shape index (κ2) is 5.36. The molecule has 3 heteroatoms. The van der Waals surface area contributed by atoms with E-state index in [-0.39, 0.29) is 6.04 Å². The lowest BCUT2D eigenvalue weighted by molar-refractivity contribution is 0.306. The topological polar surface area (TPSA) is 59.0 Å². The highest BCUT2D eigenvalue weighted by Gasteiger charge is 2.18. The van der Waals surface area contributed by atoms with Crippen molar-refractivity contribution in [2.75, 3.05) is 0 Å². The number of nitrogens with zero attached hydrogens (tertiary/aromatic N) is 1. The summed E-state index contributed by atoms with van der Waals surface area (Å²) >= 11 is 0. The molecular formula is C17H16N2O. The van der Waals surface area contributed by atoms with Gasteiger partial charge in [0.15, 0.2) is 0 Å². The van der Waals surface area contributed by atoms with Crippen LogP contribution >= 0.6 is 0 Å². The number of benzene rings is 2. The van der Waals surface area contributed by atoms with Gasteiger partial charge in [0.1, 0.15) is 12.4 Å². The van der Waals surface area contributed by atoms with Crippen LogP contribution < -0.4 is 10.5 Å². The third-order valence-electron chi connectivity index (χ3n) is 3.73. The first-order chi connectivity index (χ1) is 9.76. The van der Waals surface area contributed by atoms with Crippen molar-refractivity contribution >= 4 is 0 Å². The maximum atomic E-state index is 8.76. The average Bonchev–Trinajstić information content (AvgIpc) is 2.87. The molecule has 0 aromatic heterocycles. The first-order valence-electron chi connectivity index (χ1n) is 6.76. The molecule has 0 bridgehead atoms. The molecule has 100 valence electrons. The second-order valence-corrected chi connectivity index (χ2v) is 5.10. The number of aryl methyl sites for hydroxylation is 1. The Morgan fingerprint density at radius 1 is 1.20 bits per heavy atom. The first-order valence-corrected chi connectivity index (χ1v) is 6.76. The highest BCUT2D eigenvalue weighted by molar-refractivity contribution is 5.40. The Labute approximate surface area is 118 Å². The standard InChI is InChI=1S/C17H16N2O/c18-10-12-1-3-13(4-2-12)11-20-15-6-7-16-14(9-15)5-8-17(16)19/h1-4,6-7,9,17H,5,8,11,19H2/t17-/m1/s1. The van der Waals surface area contributed by atoms with Crippen LogP contribution in [-0.4, -0.2) is 0 Å². The van der Waals surface area contributed by atoms with Crippen LogP contribution in [0.15, 0.2) is 42.5 Å². The van der Waals surface area contributed by atoms with Gasteiger partial charge in [0.05, 0.1) is 11.6 Å². The molecule has 1 atom stereocenters. The van der Waals surface area contributed by atoms with Crippen molar-refractivity contribution in [3.05, 3.63) is 64.7 Å². The first kappa shape index (κ1) is 12.7. The van der Waals surface area contributed by atoms with Gasteiger partial charge in [-0.2, -0.15) is 5.26 Å². The molecule has 0 fully saturated rings. The molecule has 0 saturated carbocycles. The summed E-state index contributed by atoms with van der Waals surface area (Å²) in [5.41, 5.74) is 10.3. The molecule has 0 unspecified atom stereocenters. The summed E-state index contributed by atoms with van der Waals surface area (Å²) in [6.45, 7) is 0.510. The van der Waals surface area contributed by atoms with Crippen LogP contribution in [0.1, 0.15) is 34.7 Å². The van der Waals surface area contributed by atoms with E-state index in [0.29, 0.717) is 12.2 Å². The molecule has 20 heavy (non-hydrogen) atoms. The van der Waals surface area contributed by atoms with E-state index in [0.717, 1.165) is 24.2 Å². The Hall–Kier alpha value is -2.31. The molecular weight excluding hydrogens is 248 g/mol. The number of nitrogens with two attached hydrogens (primary N) is 1. The van der Waals surface area contributed by atoms with Crippen LogP contribution in [-0.2, 0) is 13.0 Å². The lowest BCUT2D eigenvalue weighted by atomic mass is 10.1. The molecule has 2 aromatic carbocycles. The molecule has 1 aliphatic carbocycles. The van der Waals surface area contributed by atoms with Crippen LogP contribution in [0, 0.1) is 11.3 Å². The second-order valence-electron chi connectivity index (χ2n) is 5.10. The molecule has 0 radical (unpaired) electrons. The third kappa shape index (κ3) is 2.52. The maximum absolute atomic E-state index is 8.76. The van der Waals surface area contributed by atoms with E-state index in [9.17, 15) is 0 Å². The molecule has 0 amide bonds. The van der Waals surface area contributed by atoms with E-state index in [1.165, 1.54) is 11.1 Å². The minimum absolute atomic E-state index is 0.178. The minimum atomic E-state index is 0.178. The summed E-state index contributed by atoms with van der Waals surface area (Å²) in [5.74, 6) is 0.877. The highest BCUT2D eigenvalue weighted by Crippen LogP contribution is 2.32. The van der Waals surface area contributed by atoms with Gasteiger partial charge < -0.3 is 10.5 Å². The number of nitriles is 1. The highest BCUT2D eigenvalue weighted by atomic mass is 16.5. The summed E-state index contributed by atoms with van der Waals surface area (Å²) in [6.07, 6.45) is 2.05. The van der Waals surface area contributed by atoms with Gasteiger partial charge >= 0.3 is 0 Å². The van der Waals surface area contributed by atoms with Gasteiger partial charge in [-0.1, -0.05) is 18.2 Å². The van der Waals surface area contributed by atoms with E-state index in [2.05, 4.69) is 18.2 Å². The van der Waals surface area contributed by atoms with E-state index in [4.69, 9.17) is 15.7 Å². The van der Waals surface area contributed by atoms with Gasteiger partial charge in [0.2, 0.25) is 0 Å². The van der Waals surface area contributed by atoms with Gasteiger partial charge in [-0.3, -0.25) is 0 Å². The van der Waals surface area contributed by atoms with Crippen LogP contribution in [0.25, 0.3) is 0 Å². The van der Waals surface area contributed by atoms with Gasteiger partial charge in [0.25, 0.3) is 0 Å². The number of fused-ring (bicyclic) bond motifs is 1. The Morgan fingerprint density at radius 2 is 2.00 bits per heavy atom. The summed E-state index contributed by atoms with van der Waals surface area (Å²) < 4.78 is 5.80. The van der Waals surface area contributed by atoms with Crippen LogP contribution in [0.3, 0.4) is 0 Å². The van der Waals surface area contributed by atoms with Gasteiger partial charge in [-0.25, -0.2) is 0 Å². The zero-order chi connectivity index (χ0) is 13.9. The summed E-state index contributed by atoms with van der Waals surface area (Å²) in [6, 6.07) is 15.9. The molecule has 3 rings (SSSR count). The summed E-state index contributed by atoms with van der Waals surface area (Å²) in [4.78, 5) is 0. The van der Waals surface area contributed by atoms with Crippen LogP contribution in [0.5, 0.6) is 5.75 Å². The molecule has 0 aliphatic heterocycles. The van der Waals surface area contributed by atoms with Crippen molar-refractivity contribution in [1.82, 2.24) is 0 Å². The maximum Gasteiger partial charge on any atom is 0.120 e. The lowest BCUT2D eigenvalue weighted by Crippen LogP contribution is -2.05. The molecule has 3 nitrogen and oxygen atoms in total. The molecule has 0 saturated heterocycles. The van der Waals surface area contributed by atoms with E-state index in [1.807, 2.05) is 18.2 Å². The largest absolute Gasteiger partial charge is 0.489 e.